The Hall–Kier alpha value is 0.350. The van der Waals surface area contributed by atoms with Crippen LogP contribution in [0.15, 0.2) is 12.2 Å². The zero-order valence-electron chi connectivity index (χ0n) is 18.7. The molecule has 2 aliphatic carbocycles. The van der Waals surface area contributed by atoms with Gasteiger partial charge in [-0.05, 0) is 59.9 Å². The standard InChI is InChI=1S/C25H45IO3/c1-19(2)25(28)29-18-24(17-27)23-14-12-22(13-15-23)11-10-21-8-6-20(7-9-21)5-3-4-16-26/h20-25,27-28H,1,3-18H2,2H3. The monoisotopic (exact) mass is 520 g/mol. The first-order valence-electron chi connectivity index (χ1n) is 12.1. The smallest absolute Gasteiger partial charge is 0.176 e. The van der Waals surface area contributed by atoms with E-state index < -0.39 is 6.29 Å². The van der Waals surface area contributed by atoms with Gasteiger partial charge < -0.3 is 14.9 Å². The Kier molecular flexibility index (Phi) is 12.7. The molecule has 0 aromatic rings. The van der Waals surface area contributed by atoms with E-state index in [1.165, 1.54) is 87.9 Å². The molecule has 4 heteroatoms. The quantitative estimate of drug-likeness (QED) is 0.0958. The molecule has 2 unspecified atom stereocenters. The molecule has 0 aromatic heterocycles. The Morgan fingerprint density at radius 2 is 1.45 bits per heavy atom. The molecule has 2 saturated carbocycles. The minimum Gasteiger partial charge on any atom is -0.396 e. The van der Waals surface area contributed by atoms with E-state index in [1.54, 1.807) is 6.92 Å². The van der Waals surface area contributed by atoms with Crippen LogP contribution in [0.1, 0.15) is 90.4 Å². The van der Waals surface area contributed by atoms with Crippen molar-refractivity contribution in [2.75, 3.05) is 17.6 Å². The number of halogens is 1. The van der Waals surface area contributed by atoms with Crippen molar-refractivity contribution in [3.63, 3.8) is 0 Å². The zero-order chi connectivity index (χ0) is 21.1. The van der Waals surface area contributed by atoms with Gasteiger partial charge in [-0.15, -0.1) is 0 Å². The Balaban J connectivity index is 1.59. The highest BCUT2D eigenvalue weighted by Gasteiger charge is 2.29. The van der Waals surface area contributed by atoms with Crippen LogP contribution < -0.4 is 0 Å². The van der Waals surface area contributed by atoms with Crippen LogP contribution in [0.3, 0.4) is 0 Å². The Morgan fingerprint density at radius 1 is 0.931 bits per heavy atom. The first kappa shape index (κ1) is 25.6. The highest BCUT2D eigenvalue weighted by atomic mass is 127. The molecule has 0 aromatic carbocycles. The van der Waals surface area contributed by atoms with E-state index in [0.29, 0.717) is 18.1 Å². The minimum atomic E-state index is -0.901. The summed E-state index contributed by atoms with van der Waals surface area (Å²) in [5, 5.41) is 19.5. The number of aliphatic hydroxyl groups excluding tert-OH is 2. The van der Waals surface area contributed by atoms with Gasteiger partial charge in [0.05, 0.1) is 6.61 Å². The molecule has 2 aliphatic rings. The Morgan fingerprint density at radius 3 is 1.93 bits per heavy atom. The molecule has 0 spiro atoms. The van der Waals surface area contributed by atoms with Gasteiger partial charge in [-0.2, -0.15) is 0 Å². The van der Waals surface area contributed by atoms with Crippen molar-refractivity contribution in [3.05, 3.63) is 12.2 Å². The van der Waals surface area contributed by atoms with Crippen molar-refractivity contribution >= 4 is 22.6 Å². The lowest BCUT2D eigenvalue weighted by atomic mass is 9.73. The summed E-state index contributed by atoms with van der Waals surface area (Å²) in [6.07, 6.45) is 17.2. The van der Waals surface area contributed by atoms with Crippen LogP contribution in [-0.4, -0.2) is 34.1 Å². The van der Waals surface area contributed by atoms with Gasteiger partial charge in [-0.3, -0.25) is 0 Å². The number of aliphatic hydroxyl groups is 2. The van der Waals surface area contributed by atoms with Crippen molar-refractivity contribution in [1.82, 2.24) is 0 Å². The number of hydrogen-bond donors (Lipinski definition) is 2. The van der Waals surface area contributed by atoms with Crippen molar-refractivity contribution in [1.29, 1.82) is 0 Å². The third-order valence-corrected chi connectivity index (χ3v) is 8.39. The number of ether oxygens (including phenoxy) is 1. The molecule has 0 heterocycles. The molecule has 0 radical (unpaired) electrons. The molecule has 0 bridgehead atoms. The lowest BCUT2D eigenvalue weighted by Gasteiger charge is -2.34. The highest BCUT2D eigenvalue weighted by molar-refractivity contribution is 14.1. The van der Waals surface area contributed by atoms with Gasteiger partial charge in [-0.25, -0.2) is 0 Å². The van der Waals surface area contributed by atoms with Crippen molar-refractivity contribution in [2.24, 2.45) is 29.6 Å². The fraction of sp³-hybridized carbons (Fsp3) is 0.920. The average Bonchev–Trinajstić information content (AvgIpc) is 2.74. The molecule has 0 aliphatic heterocycles. The lowest BCUT2D eigenvalue weighted by Crippen LogP contribution is -2.30. The predicted octanol–water partition coefficient (Wildman–Crippen LogP) is 6.50. The van der Waals surface area contributed by atoms with E-state index in [1.807, 2.05) is 0 Å². The maximum atomic E-state index is 9.77. The van der Waals surface area contributed by atoms with E-state index in [2.05, 4.69) is 29.2 Å². The van der Waals surface area contributed by atoms with E-state index >= 15 is 0 Å². The fourth-order valence-electron chi connectivity index (χ4n) is 5.45. The summed E-state index contributed by atoms with van der Waals surface area (Å²) in [4.78, 5) is 0. The van der Waals surface area contributed by atoms with Crippen molar-refractivity contribution < 1.29 is 14.9 Å². The number of unbranched alkanes of at least 4 members (excludes halogenated alkanes) is 1. The third-order valence-electron chi connectivity index (χ3n) is 7.63. The first-order valence-corrected chi connectivity index (χ1v) is 13.7. The normalized spacial score (nSPS) is 30.1. The van der Waals surface area contributed by atoms with Gasteiger partial charge in [0, 0.05) is 12.5 Å². The topological polar surface area (TPSA) is 49.7 Å². The number of alkyl halides is 1. The van der Waals surface area contributed by atoms with Crippen LogP contribution >= 0.6 is 22.6 Å². The minimum absolute atomic E-state index is 0.146. The van der Waals surface area contributed by atoms with E-state index in [4.69, 9.17) is 4.74 Å². The maximum Gasteiger partial charge on any atom is 0.176 e. The summed E-state index contributed by atoms with van der Waals surface area (Å²) in [5.41, 5.74) is 0.625. The molecule has 2 rings (SSSR count). The third kappa shape index (κ3) is 9.57. The van der Waals surface area contributed by atoms with Gasteiger partial charge in [0.2, 0.25) is 0 Å². The van der Waals surface area contributed by atoms with Gasteiger partial charge in [0.25, 0.3) is 0 Å². The Labute approximate surface area is 193 Å². The first-order chi connectivity index (χ1) is 14.0. The van der Waals surface area contributed by atoms with Crippen molar-refractivity contribution in [3.8, 4) is 0 Å². The lowest BCUT2D eigenvalue weighted by molar-refractivity contribution is -0.0970. The van der Waals surface area contributed by atoms with Crippen LogP contribution in [0.2, 0.25) is 0 Å². The van der Waals surface area contributed by atoms with Crippen LogP contribution in [0.25, 0.3) is 0 Å². The predicted molar refractivity (Wildman–Crippen MR) is 130 cm³/mol. The molecule has 2 atom stereocenters. The van der Waals surface area contributed by atoms with Gasteiger partial charge >= 0.3 is 0 Å². The second-order valence-electron chi connectivity index (χ2n) is 9.90. The molecule has 0 saturated heterocycles. The second-order valence-corrected chi connectivity index (χ2v) is 11.0. The summed E-state index contributed by atoms with van der Waals surface area (Å²) in [6.45, 7) is 6.07. The summed E-state index contributed by atoms with van der Waals surface area (Å²) >= 11 is 2.50. The van der Waals surface area contributed by atoms with E-state index in [0.717, 1.165) is 17.8 Å². The molecule has 170 valence electrons. The van der Waals surface area contributed by atoms with Crippen molar-refractivity contribution in [2.45, 2.75) is 96.7 Å². The summed E-state index contributed by atoms with van der Waals surface area (Å²) in [6, 6.07) is 0. The van der Waals surface area contributed by atoms with Crippen LogP contribution in [0.4, 0.5) is 0 Å². The highest BCUT2D eigenvalue weighted by Crippen LogP contribution is 2.39. The SMILES string of the molecule is C=C(C)C(O)OCC(CO)C1CCC(CCC2CCC(CCCCI)CC2)CC1. The number of hydrogen-bond acceptors (Lipinski definition) is 3. The molecule has 3 nitrogen and oxygen atoms in total. The molecular weight excluding hydrogens is 475 g/mol. The number of rotatable bonds is 13. The average molecular weight is 521 g/mol. The van der Waals surface area contributed by atoms with Crippen LogP contribution in [0.5, 0.6) is 0 Å². The molecule has 0 amide bonds. The van der Waals surface area contributed by atoms with E-state index in [9.17, 15) is 10.2 Å². The second kappa shape index (κ2) is 14.4. The van der Waals surface area contributed by atoms with E-state index in [-0.39, 0.29) is 12.5 Å². The van der Waals surface area contributed by atoms with Gasteiger partial charge in [-0.1, -0.05) is 93.4 Å². The molecular formula is C25H45IO3. The summed E-state index contributed by atoms with van der Waals surface area (Å²) < 4.78 is 6.82. The fourth-order valence-corrected chi connectivity index (χ4v) is 5.99. The zero-order valence-corrected chi connectivity index (χ0v) is 20.8. The van der Waals surface area contributed by atoms with Gasteiger partial charge in [0.1, 0.15) is 0 Å². The molecule has 29 heavy (non-hydrogen) atoms. The van der Waals surface area contributed by atoms with Crippen LogP contribution in [0, 0.1) is 29.6 Å². The molecule has 2 N–H and O–H groups in total. The van der Waals surface area contributed by atoms with Crippen LogP contribution in [-0.2, 0) is 4.74 Å². The largest absolute Gasteiger partial charge is 0.396 e. The maximum absolute atomic E-state index is 9.77. The summed E-state index contributed by atoms with van der Waals surface area (Å²) in [5.74, 6) is 3.56. The molecule has 2 fully saturated rings. The summed E-state index contributed by atoms with van der Waals surface area (Å²) in [7, 11) is 0. The Bertz CT molecular complexity index is 439. The van der Waals surface area contributed by atoms with Gasteiger partial charge in [0.15, 0.2) is 6.29 Å².